The van der Waals surface area contributed by atoms with Gasteiger partial charge in [0, 0.05) is 12.2 Å². The highest BCUT2D eigenvalue weighted by molar-refractivity contribution is 5.50. The second-order valence-corrected chi connectivity index (χ2v) is 5.18. The first-order chi connectivity index (χ1) is 8.25. The van der Waals surface area contributed by atoms with E-state index in [9.17, 15) is 4.39 Å². The molecule has 0 aromatic heterocycles. The molecule has 2 rings (SSSR count). The minimum absolute atomic E-state index is 0.157. The molecule has 1 saturated carbocycles. The first-order valence-corrected chi connectivity index (χ1v) is 6.76. The van der Waals surface area contributed by atoms with Crippen LogP contribution in [-0.2, 0) is 0 Å². The number of halogens is 1. The number of benzene rings is 1. The zero-order valence-electron chi connectivity index (χ0n) is 10.6. The Hall–Kier alpha value is -1.05. The van der Waals surface area contributed by atoms with Gasteiger partial charge in [-0.1, -0.05) is 38.2 Å². The van der Waals surface area contributed by atoms with Crippen molar-refractivity contribution in [3.63, 3.8) is 0 Å². The van der Waals surface area contributed by atoms with Crippen LogP contribution in [0.2, 0.25) is 0 Å². The van der Waals surface area contributed by atoms with Crippen molar-refractivity contribution in [3.8, 4) is 0 Å². The van der Waals surface area contributed by atoms with E-state index >= 15 is 0 Å². The van der Waals surface area contributed by atoms with Crippen molar-refractivity contribution < 1.29 is 4.39 Å². The maximum absolute atomic E-state index is 13.1. The predicted molar refractivity (Wildman–Crippen MR) is 70.8 cm³/mol. The van der Waals surface area contributed by atoms with E-state index in [1.165, 1.54) is 44.6 Å². The molecule has 1 aliphatic carbocycles. The number of nitrogens with one attached hydrogen (secondary N) is 1. The molecular weight excluding hydrogens is 213 g/mol. The molecule has 0 atom stereocenters. The minimum atomic E-state index is -0.157. The van der Waals surface area contributed by atoms with E-state index in [2.05, 4.69) is 5.32 Å². The quantitative estimate of drug-likeness (QED) is 0.809. The van der Waals surface area contributed by atoms with Gasteiger partial charge < -0.3 is 5.32 Å². The van der Waals surface area contributed by atoms with Crippen molar-refractivity contribution in [2.75, 3.05) is 11.9 Å². The predicted octanol–water partition coefficient (Wildman–Crippen LogP) is 4.52. The Balaban J connectivity index is 1.79. The third-order valence-electron chi connectivity index (χ3n) is 3.79. The molecule has 1 aromatic carbocycles. The monoisotopic (exact) mass is 235 g/mol. The summed E-state index contributed by atoms with van der Waals surface area (Å²) in [6.07, 6.45) is 8.17. The molecule has 0 bridgehead atoms. The summed E-state index contributed by atoms with van der Waals surface area (Å²) in [7, 11) is 0. The maximum Gasteiger partial charge on any atom is 0.125 e. The molecule has 0 aliphatic heterocycles. The molecular formula is C15H22FN. The van der Waals surface area contributed by atoms with Crippen LogP contribution in [0, 0.1) is 18.7 Å². The molecule has 17 heavy (non-hydrogen) atoms. The van der Waals surface area contributed by atoms with Crippen LogP contribution in [-0.4, -0.2) is 6.54 Å². The summed E-state index contributed by atoms with van der Waals surface area (Å²) in [4.78, 5) is 0. The van der Waals surface area contributed by atoms with E-state index in [1.807, 2.05) is 13.0 Å². The molecule has 1 nitrogen and oxygen atoms in total. The standard InChI is InChI=1S/C15H22FN/c1-12-7-8-14(16)11-15(12)17-10-9-13-5-3-2-4-6-13/h7-8,11,13,17H,2-6,9-10H2,1H3. The summed E-state index contributed by atoms with van der Waals surface area (Å²) < 4.78 is 13.1. The topological polar surface area (TPSA) is 12.0 Å². The molecule has 0 heterocycles. The highest BCUT2D eigenvalue weighted by Crippen LogP contribution is 2.26. The smallest absolute Gasteiger partial charge is 0.125 e. The minimum Gasteiger partial charge on any atom is -0.385 e. The zero-order chi connectivity index (χ0) is 12.1. The lowest BCUT2D eigenvalue weighted by Crippen LogP contribution is -2.12. The molecule has 94 valence electrons. The molecule has 1 aromatic rings. The number of aryl methyl sites for hydroxylation is 1. The molecule has 2 heteroatoms. The Morgan fingerprint density at radius 1 is 1.24 bits per heavy atom. The van der Waals surface area contributed by atoms with E-state index in [4.69, 9.17) is 0 Å². The van der Waals surface area contributed by atoms with E-state index in [1.54, 1.807) is 6.07 Å². The van der Waals surface area contributed by atoms with Gasteiger partial charge in [0.25, 0.3) is 0 Å². The number of rotatable bonds is 4. The van der Waals surface area contributed by atoms with Gasteiger partial charge in [-0.25, -0.2) is 4.39 Å². The second-order valence-electron chi connectivity index (χ2n) is 5.18. The largest absolute Gasteiger partial charge is 0.385 e. The summed E-state index contributed by atoms with van der Waals surface area (Å²) in [5, 5.41) is 3.36. The summed E-state index contributed by atoms with van der Waals surface area (Å²) >= 11 is 0. The Labute approximate surface area is 103 Å². The third-order valence-corrected chi connectivity index (χ3v) is 3.79. The fraction of sp³-hybridized carbons (Fsp3) is 0.600. The first-order valence-electron chi connectivity index (χ1n) is 6.76. The van der Waals surface area contributed by atoms with E-state index in [-0.39, 0.29) is 5.82 Å². The third kappa shape index (κ3) is 3.72. The number of hydrogen-bond acceptors (Lipinski definition) is 1. The fourth-order valence-corrected chi connectivity index (χ4v) is 2.67. The van der Waals surface area contributed by atoms with Crippen molar-refractivity contribution in [2.24, 2.45) is 5.92 Å². The molecule has 0 unspecified atom stereocenters. The average molecular weight is 235 g/mol. The highest BCUT2D eigenvalue weighted by atomic mass is 19.1. The Kier molecular flexibility index (Phi) is 4.41. The van der Waals surface area contributed by atoms with Crippen LogP contribution in [0.4, 0.5) is 10.1 Å². The molecule has 1 N–H and O–H groups in total. The highest BCUT2D eigenvalue weighted by Gasteiger charge is 2.12. The second kappa shape index (κ2) is 6.04. The van der Waals surface area contributed by atoms with Gasteiger partial charge in [-0.15, -0.1) is 0 Å². The normalized spacial score (nSPS) is 17.1. The molecule has 1 fully saturated rings. The SMILES string of the molecule is Cc1ccc(F)cc1NCCC1CCCCC1. The van der Waals surface area contributed by atoms with Gasteiger partial charge in [-0.05, 0) is 37.0 Å². The number of hydrogen-bond donors (Lipinski definition) is 1. The van der Waals surface area contributed by atoms with Crippen molar-refractivity contribution in [3.05, 3.63) is 29.6 Å². The Bertz CT molecular complexity index is 356. The van der Waals surface area contributed by atoms with Gasteiger partial charge >= 0.3 is 0 Å². The molecule has 0 saturated heterocycles. The van der Waals surface area contributed by atoms with Crippen LogP contribution < -0.4 is 5.32 Å². The van der Waals surface area contributed by atoms with Crippen LogP contribution in [0.15, 0.2) is 18.2 Å². The van der Waals surface area contributed by atoms with Crippen molar-refractivity contribution in [1.82, 2.24) is 0 Å². The summed E-state index contributed by atoms with van der Waals surface area (Å²) in [5.41, 5.74) is 2.07. The van der Waals surface area contributed by atoms with Gasteiger partial charge in [-0.2, -0.15) is 0 Å². The van der Waals surface area contributed by atoms with Crippen LogP contribution in [0.3, 0.4) is 0 Å². The lowest BCUT2D eigenvalue weighted by molar-refractivity contribution is 0.345. The van der Waals surface area contributed by atoms with E-state index in [0.29, 0.717) is 0 Å². The van der Waals surface area contributed by atoms with Crippen molar-refractivity contribution >= 4 is 5.69 Å². The maximum atomic E-state index is 13.1. The van der Waals surface area contributed by atoms with Gasteiger partial charge in [0.15, 0.2) is 0 Å². The molecule has 1 aliphatic rings. The van der Waals surface area contributed by atoms with Gasteiger partial charge in [0.1, 0.15) is 5.82 Å². The Morgan fingerprint density at radius 2 is 2.00 bits per heavy atom. The summed E-state index contributed by atoms with van der Waals surface area (Å²) in [5.74, 6) is 0.723. The summed E-state index contributed by atoms with van der Waals surface area (Å²) in [6.45, 7) is 2.98. The van der Waals surface area contributed by atoms with E-state index < -0.39 is 0 Å². The van der Waals surface area contributed by atoms with Crippen molar-refractivity contribution in [1.29, 1.82) is 0 Å². The lowest BCUT2D eigenvalue weighted by atomic mass is 9.87. The lowest BCUT2D eigenvalue weighted by Gasteiger charge is -2.21. The molecule has 0 amide bonds. The Morgan fingerprint density at radius 3 is 2.76 bits per heavy atom. The zero-order valence-corrected chi connectivity index (χ0v) is 10.6. The fourth-order valence-electron chi connectivity index (χ4n) is 2.67. The van der Waals surface area contributed by atoms with E-state index in [0.717, 1.165) is 23.7 Å². The van der Waals surface area contributed by atoms with Crippen LogP contribution >= 0.6 is 0 Å². The number of anilines is 1. The van der Waals surface area contributed by atoms with Crippen molar-refractivity contribution in [2.45, 2.75) is 45.4 Å². The van der Waals surface area contributed by atoms with Crippen LogP contribution in [0.5, 0.6) is 0 Å². The summed E-state index contributed by atoms with van der Waals surface area (Å²) in [6, 6.07) is 4.94. The van der Waals surface area contributed by atoms with Crippen LogP contribution in [0.25, 0.3) is 0 Å². The molecule has 0 spiro atoms. The van der Waals surface area contributed by atoms with Crippen LogP contribution in [0.1, 0.15) is 44.1 Å². The van der Waals surface area contributed by atoms with Gasteiger partial charge in [0.05, 0.1) is 0 Å². The van der Waals surface area contributed by atoms with Gasteiger partial charge in [-0.3, -0.25) is 0 Å². The molecule has 0 radical (unpaired) electrons. The van der Waals surface area contributed by atoms with Gasteiger partial charge in [0.2, 0.25) is 0 Å². The average Bonchev–Trinajstić information content (AvgIpc) is 2.35. The first kappa shape index (κ1) is 12.4.